The molecular formula is C21H28N10O. The van der Waals surface area contributed by atoms with Crippen molar-refractivity contribution in [2.45, 2.75) is 20.8 Å². The van der Waals surface area contributed by atoms with Gasteiger partial charge < -0.3 is 33.6 Å². The van der Waals surface area contributed by atoms with Gasteiger partial charge in [0.25, 0.3) is 0 Å². The Morgan fingerprint density at radius 3 is 1.59 bits per heavy atom. The highest BCUT2D eigenvalue weighted by atomic mass is 16.2. The first kappa shape index (κ1) is 23.9. The molecule has 0 aliphatic heterocycles. The molecule has 2 aromatic rings. The van der Waals surface area contributed by atoms with Crippen LogP contribution in [0.2, 0.25) is 0 Å². The summed E-state index contributed by atoms with van der Waals surface area (Å²) in [7, 11) is 0. The van der Waals surface area contributed by atoms with Gasteiger partial charge in [0.1, 0.15) is 0 Å². The SMILES string of the molecule is CC(=NN=C(N)N)c1ccc(NC(=O)Nc2ccc(C(=NN=C(N)N)C(C)C)cc2)cc1. The maximum absolute atomic E-state index is 12.3. The molecule has 0 spiro atoms. The van der Waals surface area contributed by atoms with Gasteiger partial charge in [-0.25, -0.2) is 4.79 Å². The number of hydrogen-bond acceptors (Lipinski definition) is 5. The standard InChI is InChI=1S/C21H28N10O/c1-12(2)18(29-31-20(24)25)15-6-10-17(11-7-15)27-21(32)26-16-8-4-14(5-9-16)13(3)28-30-19(22)23/h4-12H,1-3H3,(H4,22,23,30)(H4,24,25,31)(H2,26,27,32). The summed E-state index contributed by atoms with van der Waals surface area (Å²) >= 11 is 0. The Morgan fingerprint density at radius 1 is 0.719 bits per heavy atom. The number of amides is 2. The van der Waals surface area contributed by atoms with Crippen LogP contribution < -0.4 is 33.6 Å². The number of nitrogens with two attached hydrogens (primary N) is 4. The van der Waals surface area contributed by atoms with Gasteiger partial charge in [0, 0.05) is 11.4 Å². The molecule has 11 nitrogen and oxygen atoms in total. The van der Waals surface area contributed by atoms with Crippen molar-refractivity contribution < 1.29 is 4.79 Å². The summed E-state index contributed by atoms with van der Waals surface area (Å²) in [6.45, 7) is 5.75. The molecule has 0 saturated heterocycles. The maximum atomic E-state index is 12.3. The van der Waals surface area contributed by atoms with Gasteiger partial charge in [-0.15, -0.1) is 10.2 Å². The van der Waals surface area contributed by atoms with Crippen molar-refractivity contribution in [3.8, 4) is 0 Å². The van der Waals surface area contributed by atoms with Crippen molar-refractivity contribution in [3.63, 3.8) is 0 Å². The van der Waals surface area contributed by atoms with Crippen molar-refractivity contribution >= 4 is 40.7 Å². The van der Waals surface area contributed by atoms with E-state index in [4.69, 9.17) is 22.9 Å². The molecule has 0 bridgehead atoms. The Hall–Kier alpha value is -4.41. The van der Waals surface area contributed by atoms with Gasteiger partial charge >= 0.3 is 6.03 Å². The lowest BCUT2D eigenvalue weighted by Crippen LogP contribution is -2.22. The van der Waals surface area contributed by atoms with Gasteiger partial charge in [0.15, 0.2) is 0 Å². The molecule has 0 saturated carbocycles. The predicted molar refractivity (Wildman–Crippen MR) is 131 cm³/mol. The third-order valence-corrected chi connectivity index (χ3v) is 4.13. The minimum Gasteiger partial charge on any atom is -0.369 e. The Balaban J connectivity index is 2.03. The molecule has 10 N–H and O–H groups in total. The maximum Gasteiger partial charge on any atom is 0.323 e. The van der Waals surface area contributed by atoms with Gasteiger partial charge in [-0.3, -0.25) is 0 Å². The number of hydrogen-bond donors (Lipinski definition) is 6. The van der Waals surface area contributed by atoms with Crippen molar-refractivity contribution in [1.29, 1.82) is 0 Å². The van der Waals surface area contributed by atoms with Gasteiger partial charge in [-0.05, 0) is 48.2 Å². The highest BCUT2D eigenvalue weighted by Crippen LogP contribution is 2.16. The molecule has 32 heavy (non-hydrogen) atoms. The van der Waals surface area contributed by atoms with E-state index in [1.54, 1.807) is 43.3 Å². The van der Waals surface area contributed by atoms with E-state index in [0.717, 1.165) is 16.8 Å². The fraction of sp³-hybridized carbons (Fsp3) is 0.190. The van der Waals surface area contributed by atoms with E-state index in [2.05, 4.69) is 31.0 Å². The average molecular weight is 437 g/mol. The molecular weight excluding hydrogens is 408 g/mol. The van der Waals surface area contributed by atoms with Crippen LogP contribution >= 0.6 is 0 Å². The molecule has 0 unspecified atom stereocenters. The monoisotopic (exact) mass is 436 g/mol. The molecule has 0 heterocycles. The molecule has 0 aromatic heterocycles. The molecule has 11 heteroatoms. The molecule has 0 radical (unpaired) electrons. The van der Waals surface area contributed by atoms with Crippen molar-refractivity contribution in [2.75, 3.05) is 10.6 Å². The van der Waals surface area contributed by atoms with Crippen LogP contribution in [0.5, 0.6) is 0 Å². The Morgan fingerprint density at radius 2 is 1.16 bits per heavy atom. The second-order valence-electron chi connectivity index (χ2n) is 7.11. The minimum absolute atomic E-state index is 0.108. The number of carbonyl (C=O) groups excluding carboxylic acids is 1. The van der Waals surface area contributed by atoms with E-state index in [-0.39, 0.29) is 23.9 Å². The molecule has 2 amide bonds. The molecule has 0 aliphatic carbocycles. The van der Waals surface area contributed by atoms with Crippen LogP contribution in [0.1, 0.15) is 31.9 Å². The fourth-order valence-electron chi connectivity index (χ4n) is 2.62. The summed E-state index contributed by atoms with van der Waals surface area (Å²) < 4.78 is 0. The second kappa shape index (κ2) is 11.1. The zero-order valence-corrected chi connectivity index (χ0v) is 18.2. The topological polar surface area (TPSA) is 195 Å². The first-order valence-electron chi connectivity index (χ1n) is 9.74. The van der Waals surface area contributed by atoms with E-state index < -0.39 is 0 Å². The number of carbonyl (C=O) groups is 1. The summed E-state index contributed by atoms with van der Waals surface area (Å²) in [5.41, 5.74) is 25.5. The van der Waals surface area contributed by atoms with E-state index in [1.807, 2.05) is 26.0 Å². The van der Waals surface area contributed by atoms with Crippen LogP contribution in [-0.2, 0) is 0 Å². The molecule has 2 aromatic carbocycles. The Bertz CT molecular complexity index is 1040. The van der Waals surface area contributed by atoms with Gasteiger partial charge in [0.2, 0.25) is 11.9 Å². The molecule has 0 atom stereocenters. The summed E-state index contributed by atoms with van der Waals surface area (Å²) in [6.07, 6.45) is 0. The summed E-state index contributed by atoms with van der Waals surface area (Å²) in [5, 5.41) is 20.9. The zero-order chi connectivity index (χ0) is 23.7. The van der Waals surface area contributed by atoms with Gasteiger partial charge in [-0.2, -0.15) is 10.2 Å². The largest absolute Gasteiger partial charge is 0.369 e. The minimum atomic E-state index is -0.380. The average Bonchev–Trinajstić information content (AvgIpc) is 2.73. The lowest BCUT2D eigenvalue weighted by molar-refractivity contribution is 0.262. The first-order valence-corrected chi connectivity index (χ1v) is 9.74. The number of nitrogens with zero attached hydrogens (tertiary/aromatic N) is 4. The summed E-state index contributed by atoms with van der Waals surface area (Å²) in [4.78, 5) is 12.3. The fourth-order valence-corrected chi connectivity index (χ4v) is 2.62. The number of benzene rings is 2. The second-order valence-corrected chi connectivity index (χ2v) is 7.11. The summed E-state index contributed by atoms with van der Waals surface area (Å²) in [5.74, 6) is -0.118. The van der Waals surface area contributed by atoms with Crippen LogP contribution in [0.3, 0.4) is 0 Å². The highest BCUT2D eigenvalue weighted by Gasteiger charge is 2.10. The number of anilines is 2. The van der Waals surface area contributed by atoms with Crippen LogP contribution in [0.4, 0.5) is 16.2 Å². The Labute approximate surface area is 186 Å². The first-order chi connectivity index (χ1) is 15.2. The molecule has 0 aliphatic rings. The number of rotatable bonds is 7. The third kappa shape index (κ3) is 7.44. The molecule has 2 rings (SSSR count). The third-order valence-electron chi connectivity index (χ3n) is 4.13. The predicted octanol–water partition coefficient (Wildman–Crippen LogP) is 1.96. The van der Waals surface area contributed by atoms with Crippen LogP contribution in [0.25, 0.3) is 0 Å². The summed E-state index contributed by atoms with van der Waals surface area (Å²) in [6, 6.07) is 13.9. The van der Waals surface area contributed by atoms with Crippen LogP contribution in [-0.4, -0.2) is 29.4 Å². The zero-order valence-electron chi connectivity index (χ0n) is 18.2. The van der Waals surface area contributed by atoms with Crippen LogP contribution in [0, 0.1) is 5.92 Å². The van der Waals surface area contributed by atoms with Crippen molar-refractivity contribution in [2.24, 2.45) is 49.3 Å². The van der Waals surface area contributed by atoms with Gasteiger partial charge in [0.05, 0.1) is 11.4 Å². The Kier molecular flexibility index (Phi) is 8.29. The number of urea groups is 1. The van der Waals surface area contributed by atoms with E-state index >= 15 is 0 Å². The van der Waals surface area contributed by atoms with Crippen molar-refractivity contribution in [3.05, 3.63) is 59.7 Å². The number of guanidine groups is 2. The normalized spacial score (nSPS) is 11.6. The van der Waals surface area contributed by atoms with E-state index in [0.29, 0.717) is 17.1 Å². The smallest absolute Gasteiger partial charge is 0.323 e. The highest BCUT2D eigenvalue weighted by molar-refractivity contribution is 6.04. The lowest BCUT2D eigenvalue weighted by atomic mass is 10.00. The van der Waals surface area contributed by atoms with Crippen molar-refractivity contribution in [1.82, 2.24) is 0 Å². The lowest BCUT2D eigenvalue weighted by Gasteiger charge is -2.11. The van der Waals surface area contributed by atoms with E-state index in [1.165, 1.54) is 0 Å². The number of nitrogens with one attached hydrogen (secondary N) is 2. The van der Waals surface area contributed by atoms with Crippen LogP contribution in [0.15, 0.2) is 68.9 Å². The molecule has 0 fully saturated rings. The molecule has 168 valence electrons. The van der Waals surface area contributed by atoms with Gasteiger partial charge in [-0.1, -0.05) is 38.1 Å². The van der Waals surface area contributed by atoms with E-state index in [9.17, 15) is 4.79 Å². The quantitative estimate of drug-likeness (QED) is 0.219.